The van der Waals surface area contributed by atoms with Crippen molar-refractivity contribution in [3.8, 4) is 12.3 Å². The molecule has 0 bridgehead atoms. The largest absolute Gasteiger partial charge is 0.388 e. The number of benzene rings is 1. The highest BCUT2D eigenvalue weighted by Gasteiger charge is 2.27. The van der Waals surface area contributed by atoms with Crippen LogP contribution in [0, 0.1) is 23.7 Å². The standard InChI is InChI=1S/C19H20N4/c1-2-3-6-14-9-16(10-14)21-12-15(11-20)19-13-22-17-7-4-5-8-18(17)23-19/h1,4-5,7-8,11-14,16,20-21H,3,6,9-10H2/b15-12+,20-11?. The van der Waals surface area contributed by atoms with Gasteiger partial charge in [-0.05, 0) is 37.3 Å². The molecule has 1 aromatic heterocycles. The van der Waals surface area contributed by atoms with Crippen molar-refractivity contribution in [3.63, 3.8) is 0 Å². The summed E-state index contributed by atoms with van der Waals surface area (Å²) >= 11 is 0. The zero-order chi connectivity index (χ0) is 16.1. The Labute approximate surface area is 136 Å². The Kier molecular flexibility index (Phi) is 4.68. The van der Waals surface area contributed by atoms with Crippen molar-refractivity contribution < 1.29 is 0 Å². The van der Waals surface area contributed by atoms with Gasteiger partial charge in [0.2, 0.25) is 0 Å². The number of terminal acetylenes is 1. The van der Waals surface area contributed by atoms with Crippen molar-refractivity contribution in [1.82, 2.24) is 15.3 Å². The van der Waals surface area contributed by atoms with Crippen LogP contribution in [0.15, 0.2) is 36.7 Å². The van der Waals surface area contributed by atoms with E-state index in [-0.39, 0.29) is 0 Å². The minimum absolute atomic E-state index is 0.473. The van der Waals surface area contributed by atoms with Gasteiger partial charge in [0.1, 0.15) is 0 Å². The molecule has 1 aliphatic rings. The number of hydrogen-bond acceptors (Lipinski definition) is 4. The molecule has 1 fully saturated rings. The van der Waals surface area contributed by atoms with Gasteiger partial charge in [0.15, 0.2) is 0 Å². The fourth-order valence-electron chi connectivity index (χ4n) is 2.89. The second kappa shape index (κ2) is 7.06. The van der Waals surface area contributed by atoms with E-state index >= 15 is 0 Å². The lowest BCUT2D eigenvalue weighted by molar-refractivity contribution is 0.228. The lowest BCUT2D eigenvalue weighted by Gasteiger charge is -2.35. The van der Waals surface area contributed by atoms with Crippen LogP contribution in [0.3, 0.4) is 0 Å². The van der Waals surface area contributed by atoms with Gasteiger partial charge in [0, 0.05) is 30.5 Å². The average molecular weight is 304 g/mol. The lowest BCUT2D eigenvalue weighted by Crippen LogP contribution is -2.38. The van der Waals surface area contributed by atoms with Crippen molar-refractivity contribution in [3.05, 3.63) is 42.4 Å². The van der Waals surface area contributed by atoms with Gasteiger partial charge in [-0.1, -0.05) is 12.1 Å². The Morgan fingerprint density at radius 1 is 1.35 bits per heavy atom. The van der Waals surface area contributed by atoms with Gasteiger partial charge in [-0.25, -0.2) is 4.98 Å². The summed E-state index contributed by atoms with van der Waals surface area (Å²) in [6.07, 6.45) is 14.5. The normalized spacial score (nSPS) is 20.6. The Hall–Kier alpha value is -2.67. The van der Waals surface area contributed by atoms with Gasteiger partial charge in [-0.3, -0.25) is 4.98 Å². The van der Waals surface area contributed by atoms with Crippen LogP contribution in [-0.2, 0) is 0 Å². The fourth-order valence-corrected chi connectivity index (χ4v) is 2.89. The van der Waals surface area contributed by atoms with Crippen molar-refractivity contribution in [2.45, 2.75) is 31.7 Å². The van der Waals surface area contributed by atoms with Crippen LogP contribution in [0.1, 0.15) is 31.4 Å². The third-order valence-corrected chi connectivity index (χ3v) is 4.31. The van der Waals surface area contributed by atoms with Gasteiger partial charge >= 0.3 is 0 Å². The molecule has 2 aromatic rings. The van der Waals surface area contributed by atoms with Crippen LogP contribution in [0.4, 0.5) is 0 Å². The van der Waals surface area contributed by atoms with Crippen LogP contribution < -0.4 is 5.32 Å². The zero-order valence-corrected chi connectivity index (χ0v) is 13.0. The Morgan fingerprint density at radius 3 is 2.87 bits per heavy atom. The number of allylic oxidation sites excluding steroid dienone is 1. The monoisotopic (exact) mass is 304 g/mol. The molecule has 0 aliphatic heterocycles. The van der Waals surface area contributed by atoms with Gasteiger partial charge in [0.05, 0.1) is 22.9 Å². The molecular weight excluding hydrogens is 284 g/mol. The first-order valence-corrected chi connectivity index (χ1v) is 7.92. The molecule has 1 saturated carbocycles. The molecule has 0 saturated heterocycles. The maximum atomic E-state index is 7.63. The second-order valence-corrected chi connectivity index (χ2v) is 5.93. The predicted octanol–water partition coefficient (Wildman–Crippen LogP) is 3.40. The van der Waals surface area contributed by atoms with E-state index in [2.05, 4.69) is 21.2 Å². The number of nitrogens with one attached hydrogen (secondary N) is 2. The molecule has 0 atom stereocenters. The molecule has 4 heteroatoms. The summed E-state index contributed by atoms with van der Waals surface area (Å²) in [5.41, 5.74) is 3.17. The Balaban J connectivity index is 1.65. The number of rotatable bonds is 6. The lowest BCUT2D eigenvalue weighted by atomic mass is 9.77. The van der Waals surface area contributed by atoms with E-state index in [0.29, 0.717) is 6.04 Å². The van der Waals surface area contributed by atoms with Crippen molar-refractivity contribution in [2.24, 2.45) is 5.92 Å². The van der Waals surface area contributed by atoms with E-state index in [9.17, 15) is 0 Å². The van der Waals surface area contributed by atoms with Crippen LogP contribution in [-0.4, -0.2) is 22.2 Å². The van der Waals surface area contributed by atoms with E-state index in [1.807, 2.05) is 30.5 Å². The first-order valence-electron chi connectivity index (χ1n) is 7.92. The fraction of sp³-hybridized carbons (Fsp3) is 0.316. The van der Waals surface area contributed by atoms with Gasteiger partial charge in [0.25, 0.3) is 0 Å². The number of fused-ring (bicyclic) bond motifs is 1. The summed E-state index contributed by atoms with van der Waals surface area (Å²) in [5.74, 6) is 3.44. The molecular formula is C19H20N4. The molecule has 0 amide bonds. The minimum Gasteiger partial charge on any atom is -0.388 e. The minimum atomic E-state index is 0.473. The maximum Gasteiger partial charge on any atom is 0.0922 e. The van der Waals surface area contributed by atoms with Crippen LogP contribution in [0.5, 0.6) is 0 Å². The first-order chi connectivity index (χ1) is 11.3. The van der Waals surface area contributed by atoms with Crippen LogP contribution in [0.2, 0.25) is 0 Å². The predicted molar refractivity (Wildman–Crippen MR) is 94.0 cm³/mol. The summed E-state index contributed by atoms with van der Waals surface area (Å²) < 4.78 is 0. The quantitative estimate of drug-likeness (QED) is 0.635. The SMILES string of the molecule is C#CCCC1CC(N/C=C(\C=N)c2cnc3ccccc3n2)C1. The number of hydrogen-bond donors (Lipinski definition) is 2. The van der Waals surface area contributed by atoms with E-state index in [0.717, 1.165) is 53.9 Å². The Bertz CT molecular complexity index is 766. The number of nitrogens with zero attached hydrogens (tertiary/aromatic N) is 2. The van der Waals surface area contributed by atoms with Crippen molar-refractivity contribution in [1.29, 1.82) is 5.41 Å². The summed E-state index contributed by atoms with van der Waals surface area (Å²) in [5, 5.41) is 11.0. The summed E-state index contributed by atoms with van der Waals surface area (Å²) in [6, 6.07) is 8.23. The van der Waals surface area contributed by atoms with Crippen LogP contribution >= 0.6 is 0 Å². The van der Waals surface area contributed by atoms with E-state index in [1.165, 1.54) is 6.21 Å². The summed E-state index contributed by atoms with van der Waals surface area (Å²) in [4.78, 5) is 8.98. The molecule has 2 N–H and O–H groups in total. The highest BCUT2D eigenvalue weighted by atomic mass is 14.9. The van der Waals surface area contributed by atoms with Crippen molar-refractivity contribution >= 4 is 22.8 Å². The maximum absolute atomic E-state index is 7.63. The highest BCUT2D eigenvalue weighted by Crippen LogP contribution is 2.31. The van der Waals surface area contributed by atoms with Crippen LogP contribution in [0.25, 0.3) is 16.6 Å². The smallest absolute Gasteiger partial charge is 0.0922 e. The molecule has 1 aromatic carbocycles. The second-order valence-electron chi connectivity index (χ2n) is 5.93. The molecule has 0 unspecified atom stereocenters. The molecule has 116 valence electrons. The topological polar surface area (TPSA) is 61.7 Å². The van der Waals surface area contributed by atoms with Gasteiger partial charge < -0.3 is 10.7 Å². The third kappa shape index (κ3) is 3.57. The third-order valence-electron chi connectivity index (χ3n) is 4.31. The molecule has 1 heterocycles. The Morgan fingerprint density at radius 2 is 2.13 bits per heavy atom. The van der Waals surface area contributed by atoms with E-state index < -0.39 is 0 Å². The molecule has 3 rings (SSSR count). The molecule has 4 nitrogen and oxygen atoms in total. The highest BCUT2D eigenvalue weighted by molar-refractivity contribution is 6.07. The molecule has 23 heavy (non-hydrogen) atoms. The van der Waals surface area contributed by atoms with Crippen molar-refractivity contribution in [2.75, 3.05) is 0 Å². The van der Waals surface area contributed by atoms with Gasteiger partial charge in [-0.2, -0.15) is 0 Å². The van der Waals surface area contributed by atoms with E-state index in [1.54, 1.807) is 6.20 Å². The summed E-state index contributed by atoms with van der Waals surface area (Å²) in [7, 11) is 0. The first kappa shape index (κ1) is 15.2. The molecule has 0 spiro atoms. The van der Waals surface area contributed by atoms with E-state index in [4.69, 9.17) is 11.8 Å². The number of para-hydroxylation sites is 2. The average Bonchev–Trinajstić information content (AvgIpc) is 2.56. The molecule has 0 radical (unpaired) electrons. The van der Waals surface area contributed by atoms with Gasteiger partial charge in [-0.15, -0.1) is 12.3 Å². The molecule has 1 aliphatic carbocycles. The number of aromatic nitrogens is 2. The zero-order valence-electron chi connectivity index (χ0n) is 13.0. The summed E-state index contributed by atoms with van der Waals surface area (Å²) in [6.45, 7) is 0.